The largest absolute Gasteiger partial charge is 0.247 e. The summed E-state index contributed by atoms with van der Waals surface area (Å²) in [5.41, 5.74) is 0. The fourth-order valence-electron chi connectivity index (χ4n) is 7.88. The van der Waals surface area contributed by atoms with Gasteiger partial charge in [-0.25, -0.2) is 3.63 Å². The van der Waals surface area contributed by atoms with Crippen LogP contribution in [0.25, 0.3) is 0 Å². The van der Waals surface area contributed by atoms with Gasteiger partial charge in [0.1, 0.15) is 0 Å². The van der Waals surface area contributed by atoms with Crippen molar-refractivity contribution in [3.63, 3.8) is 0 Å². The molecule has 0 saturated carbocycles. The predicted octanol–water partition coefficient (Wildman–Crippen LogP) is 19.2. The summed E-state index contributed by atoms with van der Waals surface area (Å²) in [7, 11) is 0. The highest BCUT2D eigenvalue weighted by atomic mass is 32.2. The van der Waals surface area contributed by atoms with Gasteiger partial charge in [-0.1, -0.05) is 259 Å². The minimum atomic E-state index is 0.851. The maximum absolute atomic E-state index is 6.29. The standard InChI is InChI=1S/C48H98OS2/c1-5-9-13-17-21-25-27-31-35-39-43-47(41-37-33-29-23-19-15-11-7-3)45-50-49-51-46-48(42-38-34-30-24-20-16-12-8-4)44-40-36-32-28-26-22-18-14-10-6-2/h47-48H,5-46H2,1-4H3. The van der Waals surface area contributed by atoms with Crippen LogP contribution < -0.4 is 0 Å². The molecule has 0 aliphatic heterocycles. The van der Waals surface area contributed by atoms with Gasteiger partial charge in [0.05, 0.1) is 0 Å². The van der Waals surface area contributed by atoms with E-state index in [2.05, 4.69) is 27.7 Å². The summed E-state index contributed by atoms with van der Waals surface area (Å²) in [6, 6.07) is 0. The first-order valence-electron chi connectivity index (χ1n) is 24.2. The summed E-state index contributed by atoms with van der Waals surface area (Å²) in [6.07, 6.45) is 57.5. The zero-order valence-electron chi connectivity index (χ0n) is 36.1. The van der Waals surface area contributed by atoms with Crippen molar-refractivity contribution < 1.29 is 3.63 Å². The highest BCUT2D eigenvalue weighted by Crippen LogP contribution is 2.29. The fourth-order valence-corrected chi connectivity index (χ4v) is 9.65. The Balaban J connectivity index is 4.47. The molecule has 0 spiro atoms. The molecular formula is C48H98OS2. The van der Waals surface area contributed by atoms with E-state index < -0.39 is 0 Å². The Morgan fingerprint density at radius 2 is 0.431 bits per heavy atom. The molecule has 0 rings (SSSR count). The van der Waals surface area contributed by atoms with E-state index in [1.807, 2.05) is 24.1 Å². The summed E-state index contributed by atoms with van der Waals surface area (Å²) in [4.78, 5) is 0. The van der Waals surface area contributed by atoms with Crippen molar-refractivity contribution in [1.82, 2.24) is 0 Å². The molecule has 3 heteroatoms. The summed E-state index contributed by atoms with van der Waals surface area (Å²) in [5.74, 6) is 4.12. The van der Waals surface area contributed by atoms with E-state index >= 15 is 0 Å². The molecule has 308 valence electrons. The van der Waals surface area contributed by atoms with Crippen molar-refractivity contribution in [2.45, 2.75) is 285 Å². The van der Waals surface area contributed by atoms with Crippen molar-refractivity contribution in [2.75, 3.05) is 11.5 Å². The van der Waals surface area contributed by atoms with Crippen LogP contribution in [0.5, 0.6) is 0 Å². The van der Waals surface area contributed by atoms with Crippen LogP contribution in [0.1, 0.15) is 285 Å². The third kappa shape index (κ3) is 43.3. The Kier molecular flexibility index (Phi) is 47.4. The smallest absolute Gasteiger partial charge is 0.0238 e. The number of hydrogen-bond donors (Lipinski definition) is 0. The minimum Gasteiger partial charge on any atom is -0.247 e. The molecule has 2 atom stereocenters. The Labute approximate surface area is 334 Å². The van der Waals surface area contributed by atoms with E-state index in [-0.39, 0.29) is 0 Å². The zero-order valence-corrected chi connectivity index (χ0v) is 37.7. The molecule has 0 N–H and O–H groups in total. The Morgan fingerprint density at radius 1 is 0.255 bits per heavy atom. The first-order valence-corrected chi connectivity index (χ1v) is 26.0. The van der Waals surface area contributed by atoms with Gasteiger partial charge < -0.3 is 0 Å². The van der Waals surface area contributed by atoms with E-state index in [1.54, 1.807) is 0 Å². The second kappa shape index (κ2) is 46.8. The van der Waals surface area contributed by atoms with Crippen molar-refractivity contribution >= 4 is 24.1 Å². The average Bonchev–Trinajstić information content (AvgIpc) is 3.14. The molecule has 0 aliphatic carbocycles. The van der Waals surface area contributed by atoms with Crippen LogP contribution >= 0.6 is 24.1 Å². The van der Waals surface area contributed by atoms with Crippen molar-refractivity contribution in [3.8, 4) is 0 Å². The van der Waals surface area contributed by atoms with Crippen LogP contribution in [-0.2, 0) is 3.63 Å². The van der Waals surface area contributed by atoms with Gasteiger partial charge in [-0.2, -0.15) is 0 Å². The molecule has 0 aromatic carbocycles. The molecule has 0 radical (unpaired) electrons. The number of unbranched alkanes of at least 4 members (excludes halogenated alkanes) is 32. The molecule has 0 saturated heterocycles. The van der Waals surface area contributed by atoms with E-state index in [4.69, 9.17) is 3.63 Å². The van der Waals surface area contributed by atoms with Gasteiger partial charge in [-0.3, -0.25) is 0 Å². The monoisotopic (exact) mass is 755 g/mol. The van der Waals surface area contributed by atoms with Crippen LogP contribution in [0.2, 0.25) is 0 Å². The van der Waals surface area contributed by atoms with Crippen molar-refractivity contribution in [2.24, 2.45) is 11.8 Å². The second-order valence-corrected chi connectivity index (χ2v) is 18.5. The highest BCUT2D eigenvalue weighted by molar-refractivity contribution is 8.07. The Hall–Kier alpha value is 0.660. The van der Waals surface area contributed by atoms with Crippen LogP contribution in [0.3, 0.4) is 0 Å². The lowest BCUT2D eigenvalue weighted by molar-refractivity contribution is 0.430. The van der Waals surface area contributed by atoms with Crippen LogP contribution in [0, 0.1) is 11.8 Å². The highest BCUT2D eigenvalue weighted by Gasteiger charge is 2.13. The van der Waals surface area contributed by atoms with E-state index in [9.17, 15) is 0 Å². The summed E-state index contributed by atoms with van der Waals surface area (Å²) in [6.45, 7) is 9.29. The van der Waals surface area contributed by atoms with E-state index in [0.29, 0.717) is 0 Å². The van der Waals surface area contributed by atoms with Crippen LogP contribution in [-0.4, -0.2) is 11.5 Å². The molecule has 0 heterocycles. The Morgan fingerprint density at radius 3 is 0.627 bits per heavy atom. The van der Waals surface area contributed by atoms with E-state index in [0.717, 1.165) is 11.8 Å². The maximum atomic E-state index is 6.29. The lowest BCUT2D eigenvalue weighted by atomic mass is 9.95. The summed E-state index contributed by atoms with van der Waals surface area (Å²) < 4.78 is 6.29. The molecule has 0 fully saturated rings. The predicted molar refractivity (Wildman–Crippen MR) is 240 cm³/mol. The molecule has 0 aliphatic rings. The van der Waals surface area contributed by atoms with Gasteiger partial charge in [-0.15, -0.1) is 0 Å². The van der Waals surface area contributed by atoms with Gasteiger partial charge in [0.25, 0.3) is 0 Å². The minimum absolute atomic E-state index is 0.851. The molecule has 0 bridgehead atoms. The van der Waals surface area contributed by atoms with Crippen LogP contribution in [0.4, 0.5) is 0 Å². The fraction of sp³-hybridized carbons (Fsp3) is 1.00. The molecule has 2 unspecified atom stereocenters. The normalized spacial score (nSPS) is 12.9. The SMILES string of the molecule is CCCCCCCCCCCCC(CCCCCCCCCC)CSOSCC(CCCCCCCCCC)CCCCCCCCCCCC. The lowest BCUT2D eigenvalue weighted by Gasteiger charge is -2.18. The average molecular weight is 755 g/mol. The van der Waals surface area contributed by atoms with E-state index in [1.165, 1.54) is 268 Å². The number of hydrogen-bond acceptors (Lipinski definition) is 3. The molecule has 0 aromatic rings. The molecule has 0 aromatic heterocycles. The molecule has 51 heavy (non-hydrogen) atoms. The van der Waals surface area contributed by atoms with Gasteiger partial charge in [0.15, 0.2) is 0 Å². The summed E-state index contributed by atoms with van der Waals surface area (Å²) in [5, 5.41) is 0. The number of rotatable bonds is 46. The summed E-state index contributed by atoms with van der Waals surface area (Å²) >= 11 is 3.62. The lowest BCUT2D eigenvalue weighted by Crippen LogP contribution is -2.06. The Bertz CT molecular complexity index is 548. The van der Waals surface area contributed by atoms with Gasteiger partial charge in [0.2, 0.25) is 0 Å². The quantitative estimate of drug-likeness (QED) is 0.0452. The van der Waals surface area contributed by atoms with Crippen LogP contribution in [0.15, 0.2) is 0 Å². The maximum Gasteiger partial charge on any atom is 0.0238 e. The van der Waals surface area contributed by atoms with Crippen molar-refractivity contribution in [3.05, 3.63) is 0 Å². The zero-order chi connectivity index (χ0) is 37.0. The first kappa shape index (κ1) is 51.7. The second-order valence-electron chi connectivity index (χ2n) is 16.8. The molecule has 1 nitrogen and oxygen atoms in total. The third-order valence-corrected chi connectivity index (χ3v) is 13.6. The molecular weight excluding hydrogens is 657 g/mol. The van der Waals surface area contributed by atoms with Gasteiger partial charge >= 0.3 is 0 Å². The van der Waals surface area contributed by atoms with Gasteiger partial charge in [-0.05, 0) is 37.5 Å². The van der Waals surface area contributed by atoms with Crippen molar-refractivity contribution in [1.29, 1.82) is 0 Å². The topological polar surface area (TPSA) is 9.23 Å². The first-order chi connectivity index (χ1) is 25.3. The molecule has 0 amide bonds. The third-order valence-electron chi connectivity index (χ3n) is 11.6. The van der Waals surface area contributed by atoms with Gasteiger partial charge in [0, 0.05) is 35.6 Å².